The van der Waals surface area contributed by atoms with Gasteiger partial charge in [-0.1, -0.05) is 6.82 Å². The molecular weight excluding hydrogens is 85.8 g/mol. The molecule has 0 spiro atoms. The maximum Gasteiger partial charge on any atom is 0.0606 e. The van der Waals surface area contributed by atoms with Gasteiger partial charge in [-0.05, 0) is 0 Å². The van der Waals surface area contributed by atoms with E-state index in [1.54, 1.807) is 0 Å². The van der Waals surface area contributed by atoms with Gasteiger partial charge in [0.15, 0.2) is 0 Å². The van der Waals surface area contributed by atoms with Crippen LogP contribution >= 0.6 is 0 Å². The maximum absolute atomic E-state index is 4.50. The maximum atomic E-state index is 4.50. The topological polar surface area (TPSA) is 0 Å². The molecule has 0 amide bonds. The van der Waals surface area contributed by atoms with Crippen molar-refractivity contribution in [3.05, 3.63) is 7.43 Å². The van der Waals surface area contributed by atoms with Crippen LogP contribution in [0, 0.1) is 7.43 Å². The minimum Gasteiger partial charge on any atom is -0.358 e. The van der Waals surface area contributed by atoms with E-state index in [-0.39, 0.29) is 26.0 Å². The van der Waals surface area contributed by atoms with E-state index in [9.17, 15) is 0 Å². The Morgan fingerprint density at radius 1 is 1.25 bits per heavy atom. The molecule has 0 N–H and O–H groups in total. The van der Waals surface area contributed by atoms with E-state index >= 15 is 0 Å². The molecule has 0 aromatic heterocycles. The van der Waals surface area contributed by atoms with Crippen LogP contribution in [0.2, 0.25) is 6.82 Å². The first kappa shape index (κ1) is 22.8. The van der Waals surface area contributed by atoms with Gasteiger partial charge in [-0.15, -0.1) is 0 Å². The minimum atomic E-state index is 0. The fraction of sp³-hybridized carbons (Fsp3) is 0.500. The van der Waals surface area contributed by atoms with Crippen LogP contribution in [-0.4, -0.2) is 7.85 Å². The van der Waals surface area contributed by atoms with Gasteiger partial charge in [0.05, 0.1) is 7.85 Å². The van der Waals surface area contributed by atoms with Crippen molar-refractivity contribution in [3.63, 3.8) is 0 Å². The Balaban J connectivity index is -0.00000000500. The summed E-state index contributed by atoms with van der Waals surface area (Å²) in [5.41, 5.74) is 0. The van der Waals surface area contributed by atoms with Crippen LogP contribution in [0.5, 0.6) is 0 Å². The zero-order valence-corrected chi connectivity index (χ0v) is 4.42. The third-order valence-corrected chi connectivity index (χ3v) is 0. The standard InChI is InChI=1S/CH3B.CH3.V/c1-2;;/h1H3;1H3;/q;-1;. The molecule has 0 fully saturated rings. The number of rotatable bonds is 0. The number of hydrogen-bond acceptors (Lipinski definition) is 0. The molecule has 0 unspecified atom stereocenters. The molecule has 0 heterocycles. The zero-order valence-electron chi connectivity index (χ0n) is 3.02. The summed E-state index contributed by atoms with van der Waals surface area (Å²) in [6.07, 6.45) is 0. The Hall–Kier alpha value is 0.649. The van der Waals surface area contributed by atoms with Gasteiger partial charge in [0, 0.05) is 18.6 Å². The molecular formula is C2H6BV-. The van der Waals surface area contributed by atoms with Crippen LogP contribution < -0.4 is 0 Å². The fourth-order valence-corrected chi connectivity index (χ4v) is 0. The van der Waals surface area contributed by atoms with Crippen molar-refractivity contribution in [1.82, 2.24) is 0 Å². The van der Waals surface area contributed by atoms with Crippen LogP contribution in [0.4, 0.5) is 0 Å². The summed E-state index contributed by atoms with van der Waals surface area (Å²) in [7, 11) is 4.50. The normalized spacial score (nSPS) is 1.25. The van der Waals surface area contributed by atoms with Crippen molar-refractivity contribution >= 4 is 7.85 Å². The van der Waals surface area contributed by atoms with E-state index < -0.39 is 0 Å². The third-order valence-electron chi connectivity index (χ3n) is 0. The molecule has 0 saturated carbocycles. The molecule has 2 heteroatoms. The molecule has 0 nitrogen and oxygen atoms in total. The monoisotopic (exact) mass is 92.0 g/mol. The second-order valence-electron chi connectivity index (χ2n) is 0. The number of hydrogen-bond donors (Lipinski definition) is 0. The third kappa shape index (κ3) is 17.1. The smallest absolute Gasteiger partial charge is 0.0606 e. The Kier molecular flexibility index (Phi) is 346. The second kappa shape index (κ2) is 60.7. The summed E-state index contributed by atoms with van der Waals surface area (Å²) in [5, 5.41) is 0. The van der Waals surface area contributed by atoms with E-state index in [1.807, 2.05) is 0 Å². The quantitative estimate of drug-likeness (QED) is 0.304. The molecule has 0 saturated heterocycles. The van der Waals surface area contributed by atoms with Gasteiger partial charge in [-0.3, -0.25) is 0 Å². The second-order valence-corrected chi connectivity index (χ2v) is 0. The first-order valence-electron chi connectivity index (χ1n) is 0.577. The van der Waals surface area contributed by atoms with Crippen molar-refractivity contribution in [1.29, 1.82) is 0 Å². The summed E-state index contributed by atoms with van der Waals surface area (Å²) in [6.45, 7) is 1.50. The molecule has 0 bridgehead atoms. The van der Waals surface area contributed by atoms with Crippen molar-refractivity contribution in [3.8, 4) is 0 Å². The summed E-state index contributed by atoms with van der Waals surface area (Å²) in [6, 6.07) is 0. The van der Waals surface area contributed by atoms with E-state index in [1.165, 1.54) is 6.82 Å². The first-order chi connectivity index (χ1) is 1.00. The van der Waals surface area contributed by atoms with Gasteiger partial charge in [0.1, 0.15) is 0 Å². The van der Waals surface area contributed by atoms with Crippen LogP contribution in [0.1, 0.15) is 0 Å². The Labute approximate surface area is 41.3 Å². The molecule has 0 atom stereocenters. The summed E-state index contributed by atoms with van der Waals surface area (Å²) >= 11 is 0. The molecule has 0 rings (SSSR count). The first-order valence-corrected chi connectivity index (χ1v) is 0.577. The molecule has 0 aromatic rings. The van der Waals surface area contributed by atoms with E-state index in [0.717, 1.165) is 0 Å². The van der Waals surface area contributed by atoms with Crippen LogP contribution in [-0.2, 0) is 18.6 Å². The van der Waals surface area contributed by atoms with E-state index in [4.69, 9.17) is 0 Å². The van der Waals surface area contributed by atoms with Crippen molar-refractivity contribution in [2.75, 3.05) is 0 Å². The minimum absolute atomic E-state index is 0. The van der Waals surface area contributed by atoms with Gasteiger partial charge >= 0.3 is 0 Å². The molecule has 23 valence electrons. The molecule has 3 radical (unpaired) electrons. The van der Waals surface area contributed by atoms with Crippen molar-refractivity contribution in [2.45, 2.75) is 6.82 Å². The van der Waals surface area contributed by atoms with Gasteiger partial charge in [0.25, 0.3) is 0 Å². The van der Waals surface area contributed by atoms with E-state index in [0.29, 0.717) is 0 Å². The molecule has 0 aliphatic heterocycles. The summed E-state index contributed by atoms with van der Waals surface area (Å²) in [5.74, 6) is 0. The van der Waals surface area contributed by atoms with Crippen molar-refractivity contribution in [2.24, 2.45) is 0 Å². The largest absolute Gasteiger partial charge is 0.358 e. The summed E-state index contributed by atoms with van der Waals surface area (Å²) < 4.78 is 0. The molecule has 4 heavy (non-hydrogen) atoms. The predicted molar refractivity (Wildman–Crippen MR) is 18.0 cm³/mol. The van der Waals surface area contributed by atoms with Gasteiger partial charge in [-0.2, -0.15) is 0 Å². The zero-order chi connectivity index (χ0) is 2.00. The molecule has 0 aliphatic rings. The Bertz CT molecular complexity index is 6.00. The van der Waals surface area contributed by atoms with Crippen LogP contribution in [0.15, 0.2) is 0 Å². The average molecular weight is 91.8 g/mol. The van der Waals surface area contributed by atoms with Crippen LogP contribution in [0.25, 0.3) is 0 Å². The van der Waals surface area contributed by atoms with E-state index in [2.05, 4.69) is 7.85 Å². The Morgan fingerprint density at radius 2 is 1.25 bits per heavy atom. The SMILES string of the molecule is [B]C.[CH3-].[V]. The summed E-state index contributed by atoms with van der Waals surface area (Å²) in [4.78, 5) is 0. The fourth-order valence-electron chi connectivity index (χ4n) is 0. The molecule has 0 aliphatic carbocycles. The molecule has 0 aromatic carbocycles. The Morgan fingerprint density at radius 3 is 1.25 bits per heavy atom. The van der Waals surface area contributed by atoms with Crippen LogP contribution in [0.3, 0.4) is 0 Å². The average Bonchev–Trinajstić information content (AvgIpc) is 1.00. The van der Waals surface area contributed by atoms with Gasteiger partial charge < -0.3 is 7.43 Å². The predicted octanol–water partition coefficient (Wildman–Crippen LogP) is 0.651. The van der Waals surface area contributed by atoms with Gasteiger partial charge in [0.2, 0.25) is 0 Å². The van der Waals surface area contributed by atoms with Gasteiger partial charge in [-0.25, -0.2) is 0 Å². The van der Waals surface area contributed by atoms with Crippen molar-refractivity contribution < 1.29 is 18.6 Å².